The largest absolute Gasteiger partial charge is 0.481 e. The first-order valence-electron chi connectivity index (χ1n) is 8.57. The van der Waals surface area contributed by atoms with Crippen LogP contribution in [0.15, 0.2) is 65.8 Å². The van der Waals surface area contributed by atoms with Gasteiger partial charge in [-0.15, -0.1) is 0 Å². The highest BCUT2D eigenvalue weighted by molar-refractivity contribution is 5.90. The lowest BCUT2D eigenvalue weighted by Crippen LogP contribution is -2.24. The minimum atomic E-state index is -0.466. The van der Waals surface area contributed by atoms with Crippen LogP contribution in [-0.4, -0.2) is 36.4 Å². The molecule has 0 saturated carbocycles. The molecule has 2 N–H and O–H groups in total. The third-order valence-corrected chi connectivity index (χ3v) is 3.60. The number of anilines is 1. The van der Waals surface area contributed by atoms with Crippen molar-refractivity contribution < 1.29 is 19.0 Å². The van der Waals surface area contributed by atoms with Gasteiger partial charge in [-0.1, -0.05) is 30.3 Å². The zero-order valence-corrected chi connectivity index (χ0v) is 15.8. The number of nitrogens with zero attached hydrogens (tertiary/aromatic N) is 3. The van der Waals surface area contributed by atoms with Crippen LogP contribution in [0.1, 0.15) is 5.56 Å². The zero-order chi connectivity index (χ0) is 20.5. The van der Waals surface area contributed by atoms with Crippen LogP contribution < -0.4 is 25.0 Å². The number of hydrazone groups is 1. The fraction of sp³-hybridized carbons (Fsp3) is 0.100. The molecule has 0 saturated heterocycles. The molecule has 29 heavy (non-hydrogen) atoms. The molecule has 1 aromatic heterocycles. The number of aromatic nitrogens is 2. The third kappa shape index (κ3) is 5.67. The van der Waals surface area contributed by atoms with Gasteiger partial charge in [0.2, 0.25) is 11.8 Å². The van der Waals surface area contributed by atoms with Crippen LogP contribution in [0, 0.1) is 0 Å². The molecule has 0 radical (unpaired) electrons. The second kappa shape index (κ2) is 9.70. The summed E-state index contributed by atoms with van der Waals surface area (Å²) in [6.45, 7) is 0. The van der Waals surface area contributed by atoms with Gasteiger partial charge >= 0.3 is 12.0 Å². The molecule has 0 aliphatic rings. The van der Waals surface area contributed by atoms with Crippen molar-refractivity contribution in [2.75, 3.05) is 19.5 Å². The standard InChI is InChI=1S/C20H19N5O4/c1-27-17-12-18(28-2)24-20(23-17)29-16-11-7-6-8-14(16)13-21-25-19(26)22-15-9-4-3-5-10-15/h3-13H,1-2H3,(H2,22,25,26)/b21-13+. The number of nitrogens with one attached hydrogen (secondary N) is 2. The van der Waals surface area contributed by atoms with Crippen molar-refractivity contribution in [2.24, 2.45) is 5.10 Å². The van der Waals surface area contributed by atoms with Gasteiger partial charge in [-0.05, 0) is 24.3 Å². The molecule has 1 heterocycles. The molecule has 3 aromatic rings. The second-order valence-electron chi connectivity index (χ2n) is 5.57. The SMILES string of the molecule is COc1cc(OC)nc(Oc2ccccc2/C=N/NC(=O)Nc2ccccc2)n1. The van der Waals surface area contributed by atoms with Crippen LogP contribution in [0.4, 0.5) is 10.5 Å². The molecule has 9 nitrogen and oxygen atoms in total. The summed E-state index contributed by atoms with van der Waals surface area (Å²) in [5, 5.41) is 6.62. The Kier molecular flexibility index (Phi) is 6.56. The fourth-order valence-corrected chi connectivity index (χ4v) is 2.26. The van der Waals surface area contributed by atoms with Gasteiger partial charge in [-0.3, -0.25) is 0 Å². The molecule has 2 aromatic carbocycles. The van der Waals surface area contributed by atoms with Gasteiger partial charge < -0.3 is 19.5 Å². The zero-order valence-electron chi connectivity index (χ0n) is 15.8. The number of urea groups is 1. The van der Waals surface area contributed by atoms with Crippen molar-refractivity contribution in [3.63, 3.8) is 0 Å². The minimum absolute atomic E-state index is 0.0526. The molecule has 3 rings (SSSR count). The highest BCUT2D eigenvalue weighted by Gasteiger charge is 2.10. The minimum Gasteiger partial charge on any atom is -0.481 e. The number of amides is 2. The number of hydrogen-bond acceptors (Lipinski definition) is 7. The van der Waals surface area contributed by atoms with Crippen LogP contribution in [0.25, 0.3) is 0 Å². The average molecular weight is 393 g/mol. The van der Waals surface area contributed by atoms with Crippen molar-refractivity contribution in [3.05, 3.63) is 66.2 Å². The van der Waals surface area contributed by atoms with Gasteiger partial charge in [-0.25, -0.2) is 10.2 Å². The fourth-order valence-electron chi connectivity index (χ4n) is 2.26. The Morgan fingerprint density at radius 2 is 1.62 bits per heavy atom. The molecule has 0 fully saturated rings. The van der Waals surface area contributed by atoms with E-state index in [0.717, 1.165) is 0 Å². The van der Waals surface area contributed by atoms with E-state index in [9.17, 15) is 4.79 Å². The van der Waals surface area contributed by atoms with E-state index in [4.69, 9.17) is 14.2 Å². The van der Waals surface area contributed by atoms with Crippen molar-refractivity contribution in [3.8, 4) is 23.5 Å². The van der Waals surface area contributed by atoms with E-state index in [1.54, 1.807) is 30.3 Å². The predicted octanol–water partition coefficient (Wildman–Crippen LogP) is 3.44. The van der Waals surface area contributed by atoms with Crippen LogP contribution in [0.5, 0.6) is 23.5 Å². The molecule has 0 unspecified atom stereocenters. The number of benzene rings is 2. The van der Waals surface area contributed by atoms with Gasteiger partial charge in [0.15, 0.2) is 0 Å². The first-order valence-corrected chi connectivity index (χ1v) is 8.57. The van der Waals surface area contributed by atoms with E-state index in [2.05, 4.69) is 25.8 Å². The molecule has 0 atom stereocenters. The van der Waals surface area contributed by atoms with Gasteiger partial charge in [0, 0.05) is 11.3 Å². The summed E-state index contributed by atoms with van der Waals surface area (Å²) in [5.41, 5.74) is 3.67. The molecule has 9 heteroatoms. The number of methoxy groups -OCH3 is 2. The Balaban J connectivity index is 1.69. The van der Waals surface area contributed by atoms with Crippen molar-refractivity contribution in [1.82, 2.24) is 15.4 Å². The monoisotopic (exact) mass is 393 g/mol. The number of ether oxygens (including phenoxy) is 3. The van der Waals surface area contributed by atoms with Gasteiger partial charge in [0.25, 0.3) is 0 Å². The van der Waals surface area contributed by atoms with Gasteiger partial charge in [0.1, 0.15) is 5.75 Å². The average Bonchev–Trinajstić information content (AvgIpc) is 2.75. The van der Waals surface area contributed by atoms with E-state index in [-0.39, 0.29) is 6.01 Å². The molecule has 2 amide bonds. The number of carbonyl (C=O) groups is 1. The van der Waals surface area contributed by atoms with Crippen LogP contribution in [-0.2, 0) is 0 Å². The Hall–Kier alpha value is -4.14. The Bertz CT molecular complexity index is 973. The predicted molar refractivity (Wildman–Crippen MR) is 108 cm³/mol. The molecule has 0 spiro atoms. The van der Waals surface area contributed by atoms with Crippen LogP contribution in [0.3, 0.4) is 0 Å². The summed E-state index contributed by atoms with van der Waals surface area (Å²) < 4.78 is 16.0. The van der Waals surface area contributed by atoms with E-state index in [1.165, 1.54) is 26.5 Å². The number of carbonyl (C=O) groups excluding carboxylic acids is 1. The van der Waals surface area contributed by atoms with Crippen molar-refractivity contribution >= 4 is 17.9 Å². The van der Waals surface area contributed by atoms with Crippen molar-refractivity contribution in [1.29, 1.82) is 0 Å². The number of rotatable bonds is 7. The summed E-state index contributed by atoms with van der Waals surface area (Å²) >= 11 is 0. The van der Waals surface area contributed by atoms with Crippen LogP contribution >= 0.6 is 0 Å². The van der Waals surface area contributed by atoms with E-state index in [0.29, 0.717) is 28.8 Å². The second-order valence-corrected chi connectivity index (χ2v) is 5.57. The molecular formula is C20H19N5O4. The normalized spacial score (nSPS) is 10.4. The maximum absolute atomic E-state index is 11.9. The Morgan fingerprint density at radius 3 is 2.31 bits per heavy atom. The summed E-state index contributed by atoms with van der Waals surface area (Å²) in [6.07, 6.45) is 1.46. The summed E-state index contributed by atoms with van der Waals surface area (Å²) in [4.78, 5) is 20.2. The first kappa shape index (κ1) is 19.6. The molecular weight excluding hydrogens is 374 g/mol. The number of para-hydroxylation sites is 2. The molecule has 148 valence electrons. The summed E-state index contributed by atoms with van der Waals surface area (Å²) in [5.74, 6) is 1.05. The number of hydrogen-bond donors (Lipinski definition) is 2. The Morgan fingerprint density at radius 1 is 0.966 bits per heavy atom. The maximum Gasteiger partial charge on any atom is 0.339 e. The molecule has 0 aliphatic carbocycles. The lowest BCUT2D eigenvalue weighted by Gasteiger charge is -2.09. The maximum atomic E-state index is 11.9. The first-order chi connectivity index (χ1) is 14.2. The van der Waals surface area contributed by atoms with Crippen molar-refractivity contribution in [2.45, 2.75) is 0 Å². The molecule has 0 aliphatic heterocycles. The summed E-state index contributed by atoms with van der Waals surface area (Å²) in [6, 6.07) is 17.3. The van der Waals surface area contributed by atoms with E-state index in [1.807, 2.05) is 24.3 Å². The van der Waals surface area contributed by atoms with E-state index < -0.39 is 6.03 Å². The topological polar surface area (TPSA) is 107 Å². The molecule has 0 bridgehead atoms. The van der Waals surface area contributed by atoms with E-state index >= 15 is 0 Å². The Labute approximate surface area is 167 Å². The lowest BCUT2D eigenvalue weighted by molar-refractivity contribution is 0.252. The third-order valence-electron chi connectivity index (χ3n) is 3.60. The highest BCUT2D eigenvalue weighted by Crippen LogP contribution is 2.25. The van der Waals surface area contributed by atoms with Crippen LogP contribution in [0.2, 0.25) is 0 Å². The highest BCUT2D eigenvalue weighted by atomic mass is 16.5. The quantitative estimate of drug-likeness (QED) is 0.470. The summed E-state index contributed by atoms with van der Waals surface area (Å²) in [7, 11) is 2.97. The van der Waals surface area contributed by atoms with Gasteiger partial charge in [-0.2, -0.15) is 15.1 Å². The smallest absolute Gasteiger partial charge is 0.339 e. The van der Waals surface area contributed by atoms with Gasteiger partial charge in [0.05, 0.1) is 26.5 Å². The lowest BCUT2D eigenvalue weighted by atomic mass is 10.2.